The van der Waals surface area contributed by atoms with Crippen molar-refractivity contribution in [3.05, 3.63) is 0 Å². The molecule has 3 amide bonds. The highest BCUT2D eigenvalue weighted by Crippen LogP contribution is 2.38. The molecule has 3 aliphatic rings. The van der Waals surface area contributed by atoms with Crippen LogP contribution in [0.2, 0.25) is 0 Å². The standard InChI is InChI=1S/C21H37N3O2/c1-21(2,3)17-10-4-5-11-18(17)22-19(25)16-9-8-14-24(15-16)20(26)23-12-6-7-13-23/h16-18H,4-15H2,1-3H3,(H,22,25)/t16-,17+,18-/m0/s1. The lowest BCUT2D eigenvalue weighted by Gasteiger charge is -2.42. The van der Waals surface area contributed by atoms with E-state index in [1.54, 1.807) is 0 Å². The van der Waals surface area contributed by atoms with E-state index in [2.05, 4.69) is 26.1 Å². The Morgan fingerprint density at radius 1 is 0.846 bits per heavy atom. The molecule has 1 N–H and O–H groups in total. The van der Waals surface area contributed by atoms with Crippen molar-refractivity contribution in [2.75, 3.05) is 26.2 Å². The molecular formula is C21H37N3O2. The molecule has 2 aliphatic heterocycles. The fourth-order valence-corrected chi connectivity index (χ4v) is 5.11. The van der Waals surface area contributed by atoms with Crippen LogP contribution in [-0.4, -0.2) is 54.0 Å². The Hall–Kier alpha value is -1.26. The summed E-state index contributed by atoms with van der Waals surface area (Å²) < 4.78 is 0. The first kappa shape index (κ1) is 19.5. The van der Waals surface area contributed by atoms with Gasteiger partial charge in [0, 0.05) is 32.2 Å². The topological polar surface area (TPSA) is 52.7 Å². The molecule has 148 valence electrons. The minimum atomic E-state index is -0.0437. The van der Waals surface area contributed by atoms with Crippen molar-refractivity contribution in [3.8, 4) is 0 Å². The largest absolute Gasteiger partial charge is 0.353 e. The summed E-state index contributed by atoms with van der Waals surface area (Å²) in [5.41, 5.74) is 0.225. The number of hydrogen-bond acceptors (Lipinski definition) is 2. The predicted molar refractivity (Wildman–Crippen MR) is 104 cm³/mol. The van der Waals surface area contributed by atoms with Gasteiger partial charge < -0.3 is 15.1 Å². The van der Waals surface area contributed by atoms with Crippen molar-refractivity contribution < 1.29 is 9.59 Å². The SMILES string of the molecule is CC(C)(C)[C@@H]1CCCC[C@@H]1NC(=O)[C@H]1CCCN(C(=O)N2CCCC2)C1. The third kappa shape index (κ3) is 4.52. The Bertz CT molecular complexity index is 508. The first-order chi connectivity index (χ1) is 12.4. The van der Waals surface area contributed by atoms with E-state index in [4.69, 9.17) is 0 Å². The Morgan fingerprint density at radius 2 is 1.50 bits per heavy atom. The Balaban J connectivity index is 1.57. The molecule has 0 spiro atoms. The second-order valence-corrected chi connectivity index (χ2v) is 9.63. The second kappa shape index (κ2) is 8.18. The summed E-state index contributed by atoms with van der Waals surface area (Å²) in [5.74, 6) is 0.675. The summed E-state index contributed by atoms with van der Waals surface area (Å²) in [4.78, 5) is 29.5. The number of carbonyl (C=O) groups is 2. The van der Waals surface area contributed by atoms with Crippen molar-refractivity contribution in [1.82, 2.24) is 15.1 Å². The number of hydrogen-bond donors (Lipinski definition) is 1. The van der Waals surface area contributed by atoms with Gasteiger partial charge >= 0.3 is 6.03 Å². The van der Waals surface area contributed by atoms with Crippen LogP contribution in [-0.2, 0) is 4.79 Å². The third-order valence-corrected chi connectivity index (χ3v) is 6.65. The summed E-state index contributed by atoms with van der Waals surface area (Å²) >= 11 is 0. The van der Waals surface area contributed by atoms with E-state index in [0.717, 1.165) is 51.7 Å². The van der Waals surface area contributed by atoms with Gasteiger partial charge in [0.1, 0.15) is 0 Å². The van der Waals surface area contributed by atoms with E-state index < -0.39 is 0 Å². The molecule has 0 unspecified atom stereocenters. The maximum absolute atomic E-state index is 13.0. The molecule has 1 saturated carbocycles. The van der Waals surface area contributed by atoms with Gasteiger partial charge in [-0.05, 0) is 49.9 Å². The fraction of sp³-hybridized carbons (Fsp3) is 0.905. The smallest absolute Gasteiger partial charge is 0.320 e. The number of nitrogens with zero attached hydrogens (tertiary/aromatic N) is 2. The number of piperidine rings is 1. The van der Waals surface area contributed by atoms with Crippen LogP contribution in [0.4, 0.5) is 4.79 Å². The van der Waals surface area contributed by atoms with Gasteiger partial charge in [-0.3, -0.25) is 4.79 Å². The van der Waals surface area contributed by atoms with E-state index in [1.807, 2.05) is 9.80 Å². The molecule has 0 bridgehead atoms. The molecule has 3 fully saturated rings. The van der Waals surface area contributed by atoms with E-state index in [0.29, 0.717) is 18.5 Å². The minimum absolute atomic E-state index is 0.0437. The summed E-state index contributed by atoms with van der Waals surface area (Å²) in [6.45, 7) is 10.0. The first-order valence-electron chi connectivity index (χ1n) is 10.7. The molecule has 1 aliphatic carbocycles. The second-order valence-electron chi connectivity index (χ2n) is 9.63. The van der Waals surface area contributed by atoms with Gasteiger partial charge in [-0.1, -0.05) is 33.6 Å². The third-order valence-electron chi connectivity index (χ3n) is 6.65. The average Bonchev–Trinajstić information content (AvgIpc) is 3.15. The van der Waals surface area contributed by atoms with Gasteiger partial charge in [-0.15, -0.1) is 0 Å². The molecule has 5 nitrogen and oxygen atoms in total. The molecule has 3 rings (SSSR count). The van der Waals surface area contributed by atoms with E-state index in [-0.39, 0.29) is 23.3 Å². The van der Waals surface area contributed by atoms with Crippen molar-refractivity contribution in [2.24, 2.45) is 17.3 Å². The van der Waals surface area contributed by atoms with Crippen molar-refractivity contribution in [3.63, 3.8) is 0 Å². The monoisotopic (exact) mass is 363 g/mol. The molecule has 3 atom stereocenters. The molecule has 2 heterocycles. The van der Waals surface area contributed by atoms with E-state index >= 15 is 0 Å². The van der Waals surface area contributed by atoms with Gasteiger partial charge in [0.2, 0.25) is 5.91 Å². The van der Waals surface area contributed by atoms with Crippen LogP contribution in [0.1, 0.15) is 72.1 Å². The van der Waals surface area contributed by atoms with Gasteiger partial charge in [-0.25, -0.2) is 4.79 Å². The lowest BCUT2D eigenvalue weighted by Crippen LogP contribution is -2.53. The van der Waals surface area contributed by atoms with Crippen molar-refractivity contribution in [1.29, 1.82) is 0 Å². The average molecular weight is 364 g/mol. The van der Waals surface area contributed by atoms with Crippen LogP contribution in [0.25, 0.3) is 0 Å². The van der Waals surface area contributed by atoms with Gasteiger partial charge in [0.25, 0.3) is 0 Å². The summed E-state index contributed by atoms with van der Waals surface area (Å²) in [6, 6.07) is 0.436. The number of rotatable bonds is 2. The van der Waals surface area contributed by atoms with E-state index in [9.17, 15) is 9.59 Å². The maximum Gasteiger partial charge on any atom is 0.320 e. The quantitative estimate of drug-likeness (QED) is 0.814. The normalized spacial score (nSPS) is 30.3. The molecule has 5 heteroatoms. The summed E-state index contributed by atoms with van der Waals surface area (Å²) in [6.07, 6.45) is 8.85. The highest BCUT2D eigenvalue weighted by molar-refractivity contribution is 5.81. The van der Waals surface area contributed by atoms with Crippen LogP contribution < -0.4 is 5.32 Å². The number of amides is 3. The zero-order valence-electron chi connectivity index (χ0n) is 16.9. The maximum atomic E-state index is 13.0. The lowest BCUT2D eigenvalue weighted by molar-refractivity contribution is -0.128. The highest BCUT2D eigenvalue weighted by atomic mass is 16.2. The number of likely N-dealkylation sites (tertiary alicyclic amines) is 2. The minimum Gasteiger partial charge on any atom is -0.353 e. The predicted octanol–water partition coefficient (Wildman–Crippen LogP) is 3.64. The molecule has 26 heavy (non-hydrogen) atoms. The van der Waals surface area contributed by atoms with Crippen LogP contribution >= 0.6 is 0 Å². The molecular weight excluding hydrogens is 326 g/mol. The zero-order chi connectivity index (χ0) is 18.7. The van der Waals surface area contributed by atoms with Gasteiger partial charge in [0.15, 0.2) is 0 Å². The molecule has 2 saturated heterocycles. The van der Waals surface area contributed by atoms with Gasteiger partial charge in [-0.2, -0.15) is 0 Å². The Labute approximate surface area is 158 Å². The van der Waals surface area contributed by atoms with Crippen LogP contribution in [0.15, 0.2) is 0 Å². The lowest BCUT2D eigenvalue weighted by atomic mass is 9.69. The van der Waals surface area contributed by atoms with Crippen LogP contribution in [0, 0.1) is 17.3 Å². The summed E-state index contributed by atoms with van der Waals surface area (Å²) in [5, 5.41) is 3.38. The Kier molecular flexibility index (Phi) is 6.13. The molecule has 0 aromatic heterocycles. The number of carbonyl (C=O) groups excluding carboxylic acids is 2. The van der Waals surface area contributed by atoms with Gasteiger partial charge in [0.05, 0.1) is 5.92 Å². The van der Waals surface area contributed by atoms with Crippen molar-refractivity contribution in [2.45, 2.75) is 78.2 Å². The number of nitrogens with one attached hydrogen (secondary N) is 1. The number of urea groups is 1. The fourth-order valence-electron chi connectivity index (χ4n) is 5.11. The molecule has 0 radical (unpaired) electrons. The van der Waals surface area contributed by atoms with Crippen molar-refractivity contribution >= 4 is 11.9 Å². The first-order valence-corrected chi connectivity index (χ1v) is 10.7. The Morgan fingerprint density at radius 3 is 2.19 bits per heavy atom. The molecule has 0 aromatic carbocycles. The van der Waals surface area contributed by atoms with Crippen LogP contribution in [0.5, 0.6) is 0 Å². The highest BCUT2D eigenvalue weighted by Gasteiger charge is 2.37. The zero-order valence-corrected chi connectivity index (χ0v) is 16.9. The summed E-state index contributed by atoms with van der Waals surface area (Å²) in [7, 11) is 0. The molecule has 0 aromatic rings. The van der Waals surface area contributed by atoms with E-state index in [1.165, 1.54) is 19.3 Å². The van der Waals surface area contributed by atoms with Crippen LogP contribution in [0.3, 0.4) is 0 Å².